The zero-order chi connectivity index (χ0) is 13.0. The average Bonchev–Trinajstić information content (AvgIpc) is 2.72. The van der Waals surface area contributed by atoms with Gasteiger partial charge in [-0.2, -0.15) is 0 Å². The first-order chi connectivity index (χ1) is 8.70. The van der Waals surface area contributed by atoms with Gasteiger partial charge in [0.1, 0.15) is 4.88 Å². The molecule has 2 heterocycles. The first-order valence-corrected chi connectivity index (χ1v) is 7.50. The Bertz CT molecular complexity index is 420. The Morgan fingerprint density at radius 3 is 2.85 bits per heavy atom. The third-order valence-corrected chi connectivity index (χ3v) is 4.36. The van der Waals surface area contributed by atoms with E-state index in [1.54, 1.807) is 0 Å². The lowest BCUT2D eigenvalue weighted by Crippen LogP contribution is -2.45. The number of piperidine rings is 1. The molecule has 20 heavy (non-hydrogen) atoms. The van der Waals surface area contributed by atoms with Crippen LogP contribution in [0.3, 0.4) is 0 Å². The van der Waals surface area contributed by atoms with E-state index in [-0.39, 0.29) is 36.8 Å². The molecule has 0 bridgehead atoms. The van der Waals surface area contributed by atoms with Crippen LogP contribution in [0.2, 0.25) is 0 Å². The zero-order valence-electron chi connectivity index (χ0n) is 11.9. The molecule has 7 heteroatoms. The Morgan fingerprint density at radius 1 is 1.50 bits per heavy atom. The summed E-state index contributed by atoms with van der Waals surface area (Å²) in [5.74, 6) is 0.0426. The zero-order valence-corrected chi connectivity index (χ0v) is 14.3. The average molecular weight is 340 g/mol. The number of aromatic nitrogens is 1. The molecule has 0 radical (unpaired) electrons. The monoisotopic (exact) mass is 339 g/mol. The van der Waals surface area contributed by atoms with Crippen LogP contribution >= 0.6 is 36.2 Å². The molecule has 1 aromatic heterocycles. The molecule has 2 N–H and O–H groups in total. The molecule has 4 nitrogen and oxygen atoms in total. The van der Waals surface area contributed by atoms with E-state index in [0.717, 1.165) is 54.4 Å². The van der Waals surface area contributed by atoms with Crippen molar-refractivity contribution in [2.75, 3.05) is 13.1 Å². The lowest BCUT2D eigenvalue weighted by Gasteiger charge is -2.23. The Morgan fingerprint density at radius 2 is 2.25 bits per heavy atom. The van der Waals surface area contributed by atoms with Crippen molar-refractivity contribution in [1.82, 2.24) is 15.6 Å². The van der Waals surface area contributed by atoms with Crippen LogP contribution in [0.5, 0.6) is 0 Å². The number of nitrogens with zero attached hydrogens (tertiary/aromatic N) is 1. The molecule has 0 aliphatic carbocycles. The van der Waals surface area contributed by atoms with Crippen molar-refractivity contribution < 1.29 is 4.79 Å². The number of aryl methyl sites for hydroxylation is 2. The lowest BCUT2D eigenvalue weighted by atomic mass is 10.1. The second kappa shape index (κ2) is 9.55. The second-order valence-corrected chi connectivity index (χ2v) is 5.87. The van der Waals surface area contributed by atoms with Gasteiger partial charge in [0, 0.05) is 12.6 Å². The highest BCUT2D eigenvalue weighted by Gasteiger charge is 2.19. The third-order valence-electron chi connectivity index (χ3n) is 3.14. The Hall–Kier alpha value is -0.360. The minimum absolute atomic E-state index is 0. The van der Waals surface area contributed by atoms with E-state index in [2.05, 4.69) is 22.5 Å². The van der Waals surface area contributed by atoms with Crippen LogP contribution in [-0.4, -0.2) is 30.0 Å². The third kappa shape index (κ3) is 5.20. The van der Waals surface area contributed by atoms with Crippen LogP contribution < -0.4 is 10.6 Å². The molecule has 1 aliphatic rings. The first-order valence-electron chi connectivity index (χ1n) is 6.68. The van der Waals surface area contributed by atoms with Crippen LogP contribution in [0.25, 0.3) is 0 Å². The van der Waals surface area contributed by atoms with Crippen molar-refractivity contribution in [2.45, 2.75) is 45.6 Å². The highest BCUT2D eigenvalue weighted by atomic mass is 35.5. The summed E-state index contributed by atoms with van der Waals surface area (Å²) in [7, 11) is 0. The second-order valence-electron chi connectivity index (χ2n) is 4.79. The van der Waals surface area contributed by atoms with E-state index in [0.29, 0.717) is 0 Å². The van der Waals surface area contributed by atoms with Gasteiger partial charge in [0.05, 0.1) is 10.7 Å². The molecule has 0 aromatic carbocycles. The van der Waals surface area contributed by atoms with E-state index < -0.39 is 0 Å². The van der Waals surface area contributed by atoms with Crippen LogP contribution in [0.15, 0.2) is 0 Å². The number of nitrogens with one attached hydrogen (secondary N) is 2. The maximum Gasteiger partial charge on any atom is 0.263 e. The number of hydrogen-bond donors (Lipinski definition) is 2. The van der Waals surface area contributed by atoms with E-state index in [4.69, 9.17) is 0 Å². The van der Waals surface area contributed by atoms with Gasteiger partial charge in [0.25, 0.3) is 5.91 Å². The van der Waals surface area contributed by atoms with Crippen LogP contribution in [0.4, 0.5) is 0 Å². The lowest BCUT2D eigenvalue weighted by molar-refractivity contribution is 0.0934. The Labute approximate surface area is 137 Å². The van der Waals surface area contributed by atoms with Crippen molar-refractivity contribution in [1.29, 1.82) is 0 Å². The number of rotatable bonds is 4. The van der Waals surface area contributed by atoms with Gasteiger partial charge in [-0.25, -0.2) is 4.98 Å². The standard InChI is InChI=1S/C13H21N3OS.2ClH/c1-3-5-11-15-9(2)12(18-11)13(17)16-10-6-4-7-14-8-10;;/h10,14H,3-8H2,1-2H3,(H,16,17);2*1H/t10-;;/m0../s1. The SMILES string of the molecule is CCCc1nc(C)c(C(=O)N[C@H]2CCCNC2)s1.Cl.Cl. The molecular weight excluding hydrogens is 317 g/mol. The van der Waals surface area contributed by atoms with Crippen molar-refractivity contribution in [3.63, 3.8) is 0 Å². The van der Waals surface area contributed by atoms with Crippen LogP contribution in [-0.2, 0) is 6.42 Å². The van der Waals surface area contributed by atoms with E-state index in [1.807, 2.05) is 6.92 Å². The maximum absolute atomic E-state index is 12.2. The van der Waals surface area contributed by atoms with Gasteiger partial charge in [-0.3, -0.25) is 4.79 Å². The van der Waals surface area contributed by atoms with Gasteiger partial charge in [-0.05, 0) is 39.2 Å². The van der Waals surface area contributed by atoms with Gasteiger partial charge in [0.15, 0.2) is 0 Å². The highest BCUT2D eigenvalue weighted by Crippen LogP contribution is 2.19. The Balaban J connectivity index is 0.00000180. The molecule has 1 saturated heterocycles. The smallest absolute Gasteiger partial charge is 0.263 e. The molecule has 1 atom stereocenters. The van der Waals surface area contributed by atoms with Gasteiger partial charge in [-0.15, -0.1) is 36.2 Å². The fraction of sp³-hybridized carbons (Fsp3) is 0.692. The van der Waals surface area contributed by atoms with E-state index in [9.17, 15) is 4.79 Å². The van der Waals surface area contributed by atoms with E-state index in [1.165, 1.54) is 11.3 Å². The molecule has 1 fully saturated rings. The van der Waals surface area contributed by atoms with Crippen molar-refractivity contribution in [3.05, 3.63) is 15.6 Å². The van der Waals surface area contributed by atoms with Crippen molar-refractivity contribution >= 4 is 42.1 Å². The summed E-state index contributed by atoms with van der Waals surface area (Å²) >= 11 is 1.54. The number of halogens is 2. The largest absolute Gasteiger partial charge is 0.347 e. The quantitative estimate of drug-likeness (QED) is 0.886. The number of thiazole rings is 1. The van der Waals surface area contributed by atoms with Crippen LogP contribution in [0, 0.1) is 6.92 Å². The summed E-state index contributed by atoms with van der Waals surface area (Å²) in [5, 5.41) is 7.48. The summed E-state index contributed by atoms with van der Waals surface area (Å²) in [4.78, 5) is 17.4. The van der Waals surface area contributed by atoms with Gasteiger partial charge in [0.2, 0.25) is 0 Å². The molecule has 1 aromatic rings. The molecule has 0 unspecified atom stereocenters. The molecule has 2 rings (SSSR count). The van der Waals surface area contributed by atoms with Crippen molar-refractivity contribution in [3.8, 4) is 0 Å². The predicted octanol–water partition coefficient (Wildman–Crippen LogP) is 2.73. The number of carbonyl (C=O) groups is 1. The summed E-state index contributed by atoms with van der Waals surface area (Å²) < 4.78 is 0. The maximum atomic E-state index is 12.2. The van der Waals surface area contributed by atoms with Gasteiger partial charge in [-0.1, -0.05) is 6.92 Å². The number of carbonyl (C=O) groups excluding carboxylic acids is 1. The highest BCUT2D eigenvalue weighted by molar-refractivity contribution is 7.13. The van der Waals surface area contributed by atoms with Gasteiger partial charge < -0.3 is 10.6 Å². The van der Waals surface area contributed by atoms with E-state index >= 15 is 0 Å². The molecule has 116 valence electrons. The topological polar surface area (TPSA) is 54.0 Å². The minimum atomic E-state index is 0. The fourth-order valence-electron chi connectivity index (χ4n) is 2.21. The minimum Gasteiger partial charge on any atom is -0.347 e. The summed E-state index contributed by atoms with van der Waals surface area (Å²) in [6.07, 6.45) is 4.23. The Kier molecular flexibility index (Phi) is 9.38. The van der Waals surface area contributed by atoms with Crippen LogP contribution in [0.1, 0.15) is 46.6 Å². The normalized spacial score (nSPS) is 17.8. The van der Waals surface area contributed by atoms with Gasteiger partial charge >= 0.3 is 0 Å². The number of amides is 1. The molecule has 0 spiro atoms. The first kappa shape index (κ1) is 19.6. The molecular formula is C13H23Cl2N3OS. The summed E-state index contributed by atoms with van der Waals surface area (Å²) in [6, 6.07) is 0.266. The summed E-state index contributed by atoms with van der Waals surface area (Å²) in [6.45, 7) is 5.99. The predicted molar refractivity (Wildman–Crippen MR) is 88.7 cm³/mol. The molecule has 1 amide bonds. The van der Waals surface area contributed by atoms with Crippen molar-refractivity contribution in [2.24, 2.45) is 0 Å². The number of hydrogen-bond acceptors (Lipinski definition) is 4. The summed E-state index contributed by atoms with van der Waals surface area (Å²) in [5.41, 5.74) is 0.865. The molecule has 1 aliphatic heterocycles. The molecule has 0 saturated carbocycles. The fourth-order valence-corrected chi connectivity index (χ4v) is 3.28.